The predicted octanol–water partition coefficient (Wildman–Crippen LogP) is 3.89. The van der Waals surface area contributed by atoms with Gasteiger partial charge in [-0.05, 0) is 55.7 Å². The molecule has 2 heterocycles. The largest absolute Gasteiger partial charge is 0.419 e. The number of pyridine rings is 1. The Labute approximate surface area is 215 Å². The molecule has 8 nitrogen and oxygen atoms in total. The van der Waals surface area contributed by atoms with Crippen LogP contribution in [0.5, 0.6) is 0 Å². The number of alkyl halides is 3. The van der Waals surface area contributed by atoms with Crippen LogP contribution in [0.4, 0.5) is 28.9 Å². The molecule has 0 atom stereocenters. The van der Waals surface area contributed by atoms with Crippen molar-refractivity contribution in [1.29, 1.82) is 5.26 Å². The molecule has 1 spiro atoms. The first-order valence-electron chi connectivity index (χ1n) is 11.2. The van der Waals surface area contributed by atoms with Crippen molar-refractivity contribution < 1.29 is 31.9 Å². The zero-order chi connectivity index (χ0) is 27.1. The molecular weight excluding hydrogens is 514 g/mol. The molecule has 0 radical (unpaired) electrons. The van der Waals surface area contributed by atoms with E-state index in [4.69, 9.17) is 22.2 Å². The van der Waals surface area contributed by atoms with Crippen LogP contribution in [0, 0.1) is 17.1 Å². The lowest BCUT2D eigenvalue weighted by Crippen LogP contribution is -2.55. The fourth-order valence-electron chi connectivity index (χ4n) is 4.44. The van der Waals surface area contributed by atoms with Gasteiger partial charge in [-0.25, -0.2) is 9.37 Å². The van der Waals surface area contributed by atoms with Gasteiger partial charge in [0.15, 0.2) is 10.8 Å². The smallest absolute Gasteiger partial charge is 0.383 e. The highest BCUT2D eigenvalue weighted by Gasteiger charge is 2.60. The molecule has 2 amide bonds. The average molecular weight is 536 g/mol. The third kappa shape index (κ3) is 4.40. The summed E-state index contributed by atoms with van der Waals surface area (Å²) in [6.07, 6.45) is -2.55. The van der Waals surface area contributed by atoms with E-state index in [9.17, 15) is 22.8 Å². The monoisotopic (exact) mass is 535 g/mol. The topological polar surface area (TPSA) is 89.8 Å². The average Bonchev–Trinajstić information content (AvgIpc) is 3.07. The zero-order valence-corrected chi connectivity index (χ0v) is 20.6. The standard InChI is InChI=1S/C24H21F4N5O3S/c1-31(8-9-36-2)20(34)16-5-4-14(11-18(16)25)33-22(37)32(21(35)23(33)6-3-7-23)15-10-17(24(26,27)28)19(12-29)30-13-15/h4-5,10-11,13H,3,6-9H2,1-2H3. The molecule has 1 aromatic heterocycles. The summed E-state index contributed by atoms with van der Waals surface area (Å²) in [4.78, 5) is 33.4. The van der Waals surface area contributed by atoms with Gasteiger partial charge in [-0.3, -0.25) is 14.5 Å². The molecule has 1 aromatic carbocycles. The van der Waals surface area contributed by atoms with E-state index >= 15 is 4.39 Å². The highest BCUT2D eigenvalue weighted by molar-refractivity contribution is 7.81. The van der Waals surface area contributed by atoms with Gasteiger partial charge in [0.2, 0.25) is 0 Å². The minimum absolute atomic E-state index is 0.153. The van der Waals surface area contributed by atoms with Gasteiger partial charge in [0.25, 0.3) is 11.8 Å². The number of aromatic nitrogens is 1. The Hall–Kier alpha value is -3.63. The van der Waals surface area contributed by atoms with E-state index in [1.807, 2.05) is 0 Å². The summed E-state index contributed by atoms with van der Waals surface area (Å²) in [5.74, 6) is -1.97. The van der Waals surface area contributed by atoms with Crippen LogP contribution in [-0.2, 0) is 15.7 Å². The van der Waals surface area contributed by atoms with E-state index in [2.05, 4.69) is 4.98 Å². The number of likely N-dealkylation sites (N-methyl/N-ethyl adjacent to an activating group) is 1. The lowest BCUT2D eigenvalue weighted by Gasteiger charge is -2.43. The van der Waals surface area contributed by atoms with E-state index in [-0.39, 0.29) is 35.2 Å². The molecule has 4 rings (SSSR count). The minimum Gasteiger partial charge on any atom is -0.383 e. The summed E-state index contributed by atoms with van der Waals surface area (Å²) in [7, 11) is 2.98. The molecule has 1 aliphatic carbocycles. The molecule has 194 valence electrons. The lowest BCUT2D eigenvalue weighted by molar-refractivity contribution is -0.138. The van der Waals surface area contributed by atoms with Crippen LogP contribution in [0.15, 0.2) is 30.5 Å². The number of methoxy groups -OCH3 is 1. The fraction of sp³-hybridized carbons (Fsp3) is 0.375. The van der Waals surface area contributed by atoms with Crippen molar-refractivity contribution in [2.24, 2.45) is 0 Å². The van der Waals surface area contributed by atoms with E-state index < -0.39 is 40.6 Å². The van der Waals surface area contributed by atoms with Crippen LogP contribution in [0.2, 0.25) is 0 Å². The summed E-state index contributed by atoms with van der Waals surface area (Å²) in [5, 5.41) is 8.88. The third-order valence-corrected chi connectivity index (χ3v) is 6.92. The van der Waals surface area contributed by atoms with E-state index in [1.165, 1.54) is 42.2 Å². The van der Waals surface area contributed by atoms with Gasteiger partial charge < -0.3 is 14.5 Å². The number of thiocarbonyl (C=S) groups is 1. The van der Waals surface area contributed by atoms with E-state index in [0.717, 1.165) is 17.2 Å². The number of carbonyl (C=O) groups excluding carboxylic acids is 2. The minimum atomic E-state index is -4.88. The number of benzene rings is 1. The Morgan fingerprint density at radius 3 is 2.54 bits per heavy atom. The first kappa shape index (κ1) is 26.4. The Morgan fingerprint density at radius 2 is 2.00 bits per heavy atom. The van der Waals surface area contributed by atoms with E-state index in [0.29, 0.717) is 25.3 Å². The van der Waals surface area contributed by atoms with Crippen molar-refractivity contribution in [2.45, 2.75) is 31.0 Å². The van der Waals surface area contributed by atoms with Crippen LogP contribution < -0.4 is 9.80 Å². The highest BCUT2D eigenvalue weighted by Crippen LogP contribution is 2.48. The summed E-state index contributed by atoms with van der Waals surface area (Å²) < 4.78 is 60.6. The van der Waals surface area contributed by atoms with Gasteiger partial charge in [-0.15, -0.1) is 0 Å². The summed E-state index contributed by atoms with van der Waals surface area (Å²) in [6, 6.07) is 5.86. The van der Waals surface area contributed by atoms with Gasteiger partial charge in [-0.1, -0.05) is 0 Å². The third-order valence-electron chi connectivity index (χ3n) is 6.55. The van der Waals surface area contributed by atoms with Crippen molar-refractivity contribution in [2.75, 3.05) is 37.1 Å². The number of hydrogen-bond acceptors (Lipinski definition) is 6. The first-order chi connectivity index (χ1) is 17.5. The van der Waals surface area contributed by atoms with Crippen LogP contribution in [0.25, 0.3) is 0 Å². The van der Waals surface area contributed by atoms with Crippen LogP contribution in [-0.4, -0.2) is 59.7 Å². The Bertz CT molecular complexity index is 1320. The molecule has 0 unspecified atom stereocenters. The second kappa shape index (κ2) is 9.68. The molecule has 1 saturated carbocycles. The van der Waals surface area contributed by atoms with Gasteiger partial charge >= 0.3 is 6.18 Å². The molecule has 2 fully saturated rings. The summed E-state index contributed by atoms with van der Waals surface area (Å²) in [5.41, 5.74) is -3.58. The van der Waals surface area contributed by atoms with Gasteiger partial charge in [0.05, 0.1) is 29.6 Å². The lowest BCUT2D eigenvalue weighted by atomic mass is 9.75. The normalized spacial score (nSPS) is 16.7. The number of rotatable bonds is 6. The maximum Gasteiger partial charge on any atom is 0.419 e. The number of hydrogen-bond donors (Lipinski definition) is 0. The first-order valence-corrected chi connectivity index (χ1v) is 11.6. The zero-order valence-electron chi connectivity index (χ0n) is 19.8. The molecule has 0 bridgehead atoms. The summed E-state index contributed by atoms with van der Waals surface area (Å²) in [6.45, 7) is 0.516. The SMILES string of the molecule is COCCN(C)C(=O)c1ccc(N2C(=S)N(c3cnc(C#N)c(C(F)(F)F)c3)C(=O)C23CCC3)cc1F. The summed E-state index contributed by atoms with van der Waals surface area (Å²) >= 11 is 5.51. The molecule has 1 saturated heterocycles. The second-order valence-corrected chi connectivity index (χ2v) is 9.09. The van der Waals surface area contributed by atoms with E-state index in [1.54, 1.807) is 0 Å². The molecule has 2 aromatic rings. The van der Waals surface area contributed by atoms with Crippen LogP contribution >= 0.6 is 12.2 Å². The Balaban J connectivity index is 1.72. The van der Waals surface area contributed by atoms with Crippen molar-refractivity contribution in [3.05, 3.63) is 53.1 Å². The second-order valence-electron chi connectivity index (χ2n) is 8.73. The number of anilines is 2. The number of carbonyl (C=O) groups is 2. The predicted molar refractivity (Wildman–Crippen MR) is 128 cm³/mol. The number of nitrogens with zero attached hydrogens (tertiary/aromatic N) is 5. The van der Waals surface area contributed by atoms with Gasteiger partial charge in [0.1, 0.15) is 17.4 Å². The molecule has 13 heteroatoms. The number of halogens is 4. The maximum absolute atomic E-state index is 15.1. The quantitative estimate of drug-likeness (QED) is 0.410. The number of ether oxygens (including phenoxy) is 1. The molecule has 2 aliphatic rings. The Kier molecular flexibility index (Phi) is 6.91. The molecular formula is C24H21F4N5O3S. The number of nitriles is 1. The molecule has 1 aliphatic heterocycles. The van der Waals surface area contributed by atoms with Crippen LogP contribution in [0.1, 0.15) is 40.9 Å². The van der Waals surface area contributed by atoms with Gasteiger partial charge in [-0.2, -0.15) is 18.4 Å². The number of amides is 2. The fourth-order valence-corrected chi connectivity index (χ4v) is 4.91. The van der Waals surface area contributed by atoms with Crippen LogP contribution in [0.3, 0.4) is 0 Å². The van der Waals surface area contributed by atoms with Crippen molar-refractivity contribution in [3.63, 3.8) is 0 Å². The van der Waals surface area contributed by atoms with Gasteiger partial charge in [0, 0.05) is 26.4 Å². The Morgan fingerprint density at radius 1 is 1.30 bits per heavy atom. The maximum atomic E-state index is 15.1. The van der Waals surface area contributed by atoms with Crippen molar-refractivity contribution in [1.82, 2.24) is 9.88 Å². The molecule has 37 heavy (non-hydrogen) atoms. The molecule has 0 N–H and O–H groups in total. The highest BCUT2D eigenvalue weighted by atomic mass is 32.1. The van der Waals surface area contributed by atoms with Crippen molar-refractivity contribution >= 4 is 40.5 Å². The van der Waals surface area contributed by atoms with Crippen molar-refractivity contribution in [3.8, 4) is 6.07 Å².